The summed E-state index contributed by atoms with van der Waals surface area (Å²) in [6.07, 6.45) is 4.87. The van der Waals surface area contributed by atoms with E-state index in [4.69, 9.17) is 11.6 Å². The highest BCUT2D eigenvalue weighted by Crippen LogP contribution is 2.21. The van der Waals surface area contributed by atoms with E-state index >= 15 is 0 Å². The minimum absolute atomic E-state index is 0.547. The highest BCUT2D eigenvalue weighted by atomic mass is 35.5. The van der Waals surface area contributed by atoms with Gasteiger partial charge in [0.15, 0.2) is 0 Å². The predicted octanol–water partition coefficient (Wildman–Crippen LogP) is 3.06. The Bertz CT molecular complexity index is 375. The molecule has 3 nitrogen and oxygen atoms in total. The van der Waals surface area contributed by atoms with Crippen molar-refractivity contribution in [1.82, 2.24) is 14.7 Å². The highest BCUT2D eigenvalue weighted by molar-refractivity contribution is 6.18. The number of alkyl halides is 1. The van der Waals surface area contributed by atoms with Crippen LogP contribution in [0.2, 0.25) is 0 Å². The number of halogens is 1. The Morgan fingerprint density at radius 3 is 2.89 bits per heavy atom. The number of hydrogen-bond donors (Lipinski definition) is 0. The Balaban J connectivity index is 2.09. The molecule has 0 aliphatic carbocycles. The summed E-state index contributed by atoms with van der Waals surface area (Å²) in [4.78, 5) is 2.53. The van der Waals surface area contributed by atoms with Gasteiger partial charge in [-0.1, -0.05) is 13.3 Å². The lowest BCUT2D eigenvalue weighted by molar-refractivity contribution is 0.150. The molecule has 1 aromatic rings. The molecule has 18 heavy (non-hydrogen) atoms. The SMILES string of the molecule is CCc1cc(CN2CCCCC2CCl)n(CC)n1. The van der Waals surface area contributed by atoms with Gasteiger partial charge in [0.05, 0.1) is 11.4 Å². The molecule has 1 aliphatic heterocycles. The van der Waals surface area contributed by atoms with Crippen LogP contribution in [0.3, 0.4) is 0 Å². The van der Waals surface area contributed by atoms with Gasteiger partial charge in [-0.3, -0.25) is 9.58 Å². The molecule has 0 aromatic carbocycles. The van der Waals surface area contributed by atoms with Gasteiger partial charge in [-0.15, -0.1) is 11.6 Å². The van der Waals surface area contributed by atoms with Gasteiger partial charge in [0, 0.05) is 25.0 Å². The van der Waals surface area contributed by atoms with Crippen LogP contribution >= 0.6 is 11.6 Å². The number of likely N-dealkylation sites (tertiary alicyclic amines) is 1. The zero-order chi connectivity index (χ0) is 13.0. The number of rotatable bonds is 5. The summed E-state index contributed by atoms with van der Waals surface area (Å²) in [6, 6.07) is 2.80. The second-order valence-corrected chi connectivity index (χ2v) is 5.38. The van der Waals surface area contributed by atoms with Crippen molar-refractivity contribution in [3.8, 4) is 0 Å². The Labute approximate surface area is 115 Å². The van der Waals surface area contributed by atoms with Crippen molar-refractivity contribution < 1.29 is 0 Å². The Hall–Kier alpha value is -0.540. The largest absolute Gasteiger partial charge is 0.293 e. The molecule has 2 rings (SSSR count). The smallest absolute Gasteiger partial charge is 0.0625 e. The summed E-state index contributed by atoms with van der Waals surface area (Å²) in [7, 11) is 0. The molecule has 0 spiro atoms. The van der Waals surface area contributed by atoms with E-state index in [1.165, 1.54) is 37.2 Å². The highest BCUT2D eigenvalue weighted by Gasteiger charge is 2.22. The molecule has 1 atom stereocenters. The van der Waals surface area contributed by atoms with Crippen LogP contribution in [-0.4, -0.2) is 33.1 Å². The second-order valence-electron chi connectivity index (χ2n) is 5.07. The van der Waals surface area contributed by atoms with Gasteiger partial charge in [0.25, 0.3) is 0 Å². The van der Waals surface area contributed by atoms with Crippen LogP contribution < -0.4 is 0 Å². The topological polar surface area (TPSA) is 21.1 Å². The fourth-order valence-electron chi connectivity index (χ4n) is 2.74. The average Bonchev–Trinajstić information content (AvgIpc) is 2.81. The lowest BCUT2D eigenvalue weighted by Gasteiger charge is -2.34. The molecule has 0 amide bonds. The van der Waals surface area contributed by atoms with Crippen molar-refractivity contribution in [2.75, 3.05) is 12.4 Å². The van der Waals surface area contributed by atoms with Crippen LogP contribution in [0.15, 0.2) is 6.07 Å². The first kappa shape index (κ1) is 13.9. The van der Waals surface area contributed by atoms with Crippen LogP contribution in [-0.2, 0) is 19.5 Å². The minimum Gasteiger partial charge on any atom is -0.293 e. The number of hydrogen-bond acceptors (Lipinski definition) is 2. The Morgan fingerprint density at radius 1 is 1.39 bits per heavy atom. The molecule has 2 heterocycles. The van der Waals surface area contributed by atoms with Crippen molar-refractivity contribution in [2.24, 2.45) is 0 Å². The van der Waals surface area contributed by atoms with E-state index < -0.39 is 0 Å². The molecular weight excluding hydrogens is 246 g/mol. The van der Waals surface area contributed by atoms with Crippen LogP contribution in [0.25, 0.3) is 0 Å². The van der Waals surface area contributed by atoms with Crippen LogP contribution in [0.4, 0.5) is 0 Å². The molecule has 0 bridgehead atoms. The normalized spacial score (nSPS) is 21.4. The summed E-state index contributed by atoms with van der Waals surface area (Å²) >= 11 is 6.08. The fourth-order valence-corrected chi connectivity index (χ4v) is 3.09. The van der Waals surface area contributed by atoms with E-state index in [1.54, 1.807) is 0 Å². The van der Waals surface area contributed by atoms with Crippen molar-refractivity contribution >= 4 is 11.6 Å². The van der Waals surface area contributed by atoms with E-state index in [9.17, 15) is 0 Å². The first-order chi connectivity index (χ1) is 8.78. The van der Waals surface area contributed by atoms with E-state index in [1.807, 2.05) is 0 Å². The summed E-state index contributed by atoms with van der Waals surface area (Å²) in [5.74, 6) is 0.751. The molecule has 1 saturated heterocycles. The van der Waals surface area contributed by atoms with Crippen LogP contribution in [0, 0.1) is 0 Å². The molecule has 102 valence electrons. The van der Waals surface area contributed by atoms with Gasteiger partial charge in [-0.05, 0) is 38.8 Å². The van der Waals surface area contributed by atoms with Gasteiger partial charge >= 0.3 is 0 Å². The molecule has 1 unspecified atom stereocenters. The summed E-state index contributed by atoms with van der Waals surface area (Å²) in [6.45, 7) is 7.44. The fraction of sp³-hybridized carbons (Fsp3) is 0.786. The maximum absolute atomic E-state index is 6.08. The number of piperidine rings is 1. The number of aryl methyl sites for hydroxylation is 2. The van der Waals surface area contributed by atoms with Gasteiger partial charge in [-0.2, -0.15) is 5.10 Å². The van der Waals surface area contributed by atoms with Gasteiger partial charge in [0.1, 0.15) is 0 Å². The Kier molecular flexibility index (Phi) is 5.07. The third-order valence-corrected chi connectivity index (χ3v) is 4.22. The van der Waals surface area contributed by atoms with E-state index in [0.29, 0.717) is 6.04 Å². The number of nitrogens with zero attached hydrogens (tertiary/aromatic N) is 3. The maximum atomic E-state index is 6.08. The summed E-state index contributed by atoms with van der Waals surface area (Å²) in [5.41, 5.74) is 2.54. The van der Waals surface area contributed by atoms with Crippen molar-refractivity contribution in [3.05, 3.63) is 17.5 Å². The molecule has 1 aromatic heterocycles. The summed E-state index contributed by atoms with van der Waals surface area (Å²) in [5, 5.41) is 4.62. The summed E-state index contributed by atoms with van der Waals surface area (Å²) < 4.78 is 2.14. The second kappa shape index (κ2) is 6.58. The van der Waals surface area contributed by atoms with E-state index in [-0.39, 0.29) is 0 Å². The molecule has 1 fully saturated rings. The minimum atomic E-state index is 0.547. The molecule has 1 aliphatic rings. The Morgan fingerprint density at radius 2 is 2.22 bits per heavy atom. The molecule has 0 radical (unpaired) electrons. The molecule has 0 saturated carbocycles. The van der Waals surface area contributed by atoms with E-state index in [0.717, 1.165) is 25.4 Å². The van der Waals surface area contributed by atoms with Gasteiger partial charge < -0.3 is 0 Å². The monoisotopic (exact) mass is 269 g/mol. The standard InChI is InChI=1S/C14H24ClN3/c1-3-12-9-14(18(4-2)16-12)11-17-8-6-5-7-13(17)10-15/h9,13H,3-8,10-11H2,1-2H3. The average molecular weight is 270 g/mol. The lowest BCUT2D eigenvalue weighted by atomic mass is 10.0. The van der Waals surface area contributed by atoms with E-state index in [2.05, 4.69) is 34.6 Å². The van der Waals surface area contributed by atoms with Crippen molar-refractivity contribution in [3.63, 3.8) is 0 Å². The zero-order valence-electron chi connectivity index (χ0n) is 11.5. The maximum Gasteiger partial charge on any atom is 0.0625 e. The van der Waals surface area contributed by atoms with Gasteiger partial charge in [-0.25, -0.2) is 0 Å². The van der Waals surface area contributed by atoms with Crippen molar-refractivity contribution in [2.45, 2.75) is 58.7 Å². The molecule has 4 heteroatoms. The zero-order valence-corrected chi connectivity index (χ0v) is 12.3. The third-order valence-electron chi connectivity index (χ3n) is 3.87. The van der Waals surface area contributed by atoms with Crippen LogP contribution in [0.5, 0.6) is 0 Å². The molecular formula is C14H24ClN3. The van der Waals surface area contributed by atoms with Gasteiger partial charge in [0.2, 0.25) is 0 Å². The first-order valence-corrected chi connectivity index (χ1v) is 7.67. The predicted molar refractivity (Wildman–Crippen MR) is 76.0 cm³/mol. The molecule has 0 N–H and O–H groups in total. The third kappa shape index (κ3) is 3.07. The first-order valence-electron chi connectivity index (χ1n) is 7.14. The lowest BCUT2D eigenvalue weighted by Crippen LogP contribution is -2.40. The quantitative estimate of drug-likeness (QED) is 0.766. The van der Waals surface area contributed by atoms with Crippen LogP contribution in [0.1, 0.15) is 44.5 Å². The van der Waals surface area contributed by atoms with Crippen molar-refractivity contribution in [1.29, 1.82) is 0 Å². The number of aromatic nitrogens is 2.